The number of nitrogens with zero attached hydrogens (tertiary/aromatic N) is 1. The Hall–Kier alpha value is -2.08. The number of fused-ring (bicyclic) bond motifs is 1. The van der Waals surface area contributed by atoms with Crippen LogP contribution in [0.5, 0.6) is 5.75 Å². The minimum Gasteiger partial charge on any atom is -0.482 e. The molecule has 0 saturated heterocycles. The minimum atomic E-state index is -0.317. The summed E-state index contributed by atoms with van der Waals surface area (Å²) in [6, 6.07) is 5.44. The van der Waals surface area contributed by atoms with E-state index in [1.54, 1.807) is 32.0 Å². The lowest BCUT2D eigenvalue weighted by Gasteiger charge is -2.27. The van der Waals surface area contributed by atoms with Gasteiger partial charge in [0.25, 0.3) is 5.91 Å². The average molecular weight is 263 g/mol. The van der Waals surface area contributed by atoms with Gasteiger partial charge in [0.05, 0.1) is 11.6 Å². The smallest absolute Gasteiger partial charge is 0.264 e. The highest BCUT2D eigenvalue weighted by molar-refractivity contribution is 5.97. The van der Waals surface area contributed by atoms with E-state index in [4.69, 9.17) is 4.74 Å². The molecule has 0 spiro atoms. The van der Waals surface area contributed by atoms with Crippen molar-refractivity contribution in [1.82, 2.24) is 10.9 Å². The van der Waals surface area contributed by atoms with E-state index in [1.807, 2.05) is 12.1 Å². The summed E-state index contributed by atoms with van der Waals surface area (Å²) in [7, 11) is 3.34. The molecule has 0 aliphatic carbocycles. The molecule has 0 radical (unpaired) electrons. The SMILES string of the molecule is CNNC(=O)C(C)c1ccc2c(c1)N(C)C(=O)CO2. The molecule has 1 heterocycles. The monoisotopic (exact) mass is 263 g/mol. The van der Waals surface area contributed by atoms with Gasteiger partial charge in [-0.15, -0.1) is 0 Å². The van der Waals surface area contributed by atoms with Gasteiger partial charge in [-0.05, 0) is 24.6 Å². The summed E-state index contributed by atoms with van der Waals surface area (Å²) in [6.07, 6.45) is 0. The Morgan fingerprint density at radius 3 is 2.89 bits per heavy atom. The van der Waals surface area contributed by atoms with Crippen LogP contribution in [0.25, 0.3) is 0 Å². The number of likely N-dealkylation sites (N-methyl/N-ethyl adjacent to an activating group) is 1. The summed E-state index contributed by atoms with van der Waals surface area (Å²) in [5.41, 5.74) is 6.67. The zero-order valence-corrected chi connectivity index (χ0v) is 11.2. The van der Waals surface area contributed by atoms with E-state index in [0.29, 0.717) is 11.4 Å². The van der Waals surface area contributed by atoms with Gasteiger partial charge in [0, 0.05) is 14.1 Å². The molecule has 0 aromatic heterocycles. The molecule has 1 aromatic rings. The second-order valence-corrected chi connectivity index (χ2v) is 4.43. The normalized spacial score (nSPS) is 15.5. The van der Waals surface area contributed by atoms with Gasteiger partial charge in [0.1, 0.15) is 5.75 Å². The topological polar surface area (TPSA) is 70.7 Å². The summed E-state index contributed by atoms with van der Waals surface area (Å²) in [5, 5.41) is 0. The molecule has 19 heavy (non-hydrogen) atoms. The van der Waals surface area contributed by atoms with Gasteiger partial charge in [-0.1, -0.05) is 6.07 Å². The number of nitrogens with one attached hydrogen (secondary N) is 2. The molecule has 6 heteroatoms. The summed E-state index contributed by atoms with van der Waals surface area (Å²) >= 11 is 0. The van der Waals surface area contributed by atoms with Crippen molar-refractivity contribution >= 4 is 17.5 Å². The van der Waals surface area contributed by atoms with E-state index in [-0.39, 0.29) is 24.3 Å². The van der Waals surface area contributed by atoms with Crippen LogP contribution < -0.4 is 20.5 Å². The number of hydrogen-bond donors (Lipinski definition) is 2. The number of ether oxygens (including phenoxy) is 1. The Bertz CT molecular complexity index is 516. The van der Waals surface area contributed by atoms with Crippen LogP contribution in [0.15, 0.2) is 18.2 Å². The van der Waals surface area contributed by atoms with E-state index < -0.39 is 0 Å². The number of anilines is 1. The van der Waals surface area contributed by atoms with Crippen molar-refractivity contribution in [2.24, 2.45) is 0 Å². The minimum absolute atomic E-state index is 0.0542. The Balaban J connectivity index is 2.30. The fourth-order valence-corrected chi connectivity index (χ4v) is 1.94. The largest absolute Gasteiger partial charge is 0.482 e. The van der Waals surface area contributed by atoms with Crippen molar-refractivity contribution in [2.75, 3.05) is 25.6 Å². The first-order valence-corrected chi connectivity index (χ1v) is 6.04. The van der Waals surface area contributed by atoms with Crippen LogP contribution in [0.3, 0.4) is 0 Å². The first kappa shape index (κ1) is 13.4. The second kappa shape index (κ2) is 5.27. The molecule has 1 aromatic carbocycles. The van der Waals surface area contributed by atoms with Gasteiger partial charge >= 0.3 is 0 Å². The van der Waals surface area contributed by atoms with Crippen LogP contribution in [-0.4, -0.2) is 32.5 Å². The van der Waals surface area contributed by atoms with E-state index in [0.717, 1.165) is 5.56 Å². The molecule has 6 nitrogen and oxygen atoms in total. The van der Waals surface area contributed by atoms with Crippen LogP contribution in [0.4, 0.5) is 5.69 Å². The summed E-state index contributed by atoms with van der Waals surface area (Å²) in [6.45, 7) is 1.86. The van der Waals surface area contributed by atoms with Gasteiger partial charge in [0.15, 0.2) is 6.61 Å². The molecule has 2 N–H and O–H groups in total. The molecule has 0 bridgehead atoms. The Morgan fingerprint density at radius 2 is 2.21 bits per heavy atom. The lowest BCUT2D eigenvalue weighted by atomic mass is 9.99. The van der Waals surface area contributed by atoms with Crippen molar-refractivity contribution in [3.63, 3.8) is 0 Å². The van der Waals surface area contributed by atoms with Gasteiger partial charge < -0.3 is 9.64 Å². The fraction of sp³-hybridized carbons (Fsp3) is 0.385. The van der Waals surface area contributed by atoms with Crippen LogP contribution in [0, 0.1) is 0 Å². The average Bonchev–Trinajstić information content (AvgIpc) is 2.42. The first-order valence-electron chi connectivity index (χ1n) is 6.04. The number of amides is 2. The lowest BCUT2D eigenvalue weighted by molar-refractivity contribution is -0.123. The Morgan fingerprint density at radius 1 is 1.47 bits per heavy atom. The van der Waals surface area contributed by atoms with Crippen molar-refractivity contribution in [3.8, 4) is 5.75 Å². The van der Waals surface area contributed by atoms with E-state index >= 15 is 0 Å². The van der Waals surface area contributed by atoms with Crippen LogP contribution in [0.2, 0.25) is 0 Å². The highest BCUT2D eigenvalue weighted by atomic mass is 16.5. The third kappa shape index (κ3) is 2.53. The zero-order valence-electron chi connectivity index (χ0n) is 11.2. The van der Waals surface area contributed by atoms with E-state index in [2.05, 4.69) is 10.9 Å². The maximum atomic E-state index is 11.8. The molecule has 1 atom stereocenters. The fourth-order valence-electron chi connectivity index (χ4n) is 1.94. The van der Waals surface area contributed by atoms with Crippen LogP contribution in [-0.2, 0) is 9.59 Å². The summed E-state index contributed by atoms with van der Waals surface area (Å²) < 4.78 is 5.34. The molecule has 0 fully saturated rings. The first-order chi connectivity index (χ1) is 9.04. The van der Waals surface area contributed by atoms with Crippen LogP contribution in [0.1, 0.15) is 18.4 Å². The zero-order chi connectivity index (χ0) is 14.0. The van der Waals surface area contributed by atoms with E-state index in [9.17, 15) is 9.59 Å². The third-order valence-electron chi connectivity index (χ3n) is 3.21. The highest BCUT2D eigenvalue weighted by Crippen LogP contribution is 2.33. The molecule has 2 rings (SSSR count). The molecule has 1 aliphatic rings. The second-order valence-electron chi connectivity index (χ2n) is 4.43. The number of carbonyl (C=O) groups excluding carboxylic acids is 2. The number of benzene rings is 1. The van der Waals surface area contributed by atoms with Crippen molar-refractivity contribution in [2.45, 2.75) is 12.8 Å². The van der Waals surface area contributed by atoms with Crippen LogP contribution >= 0.6 is 0 Å². The molecule has 0 saturated carbocycles. The predicted octanol–water partition coefficient (Wildman–Crippen LogP) is 0.396. The van der Waals surface area contributed by atoms with Gasteiger partial charge in [-0.2, -0.15) is 0 Å². The number of hydrogen-bond acceptors (Lipinski definition) is 4. The molecular formula is C13H17N3O3. The third-order valence-corrected chi connectivity index (χ3v) is 3.21. The maximum absolute atomic E-state index is 11.8. The standard InChI is InChI=1S/C13H17N3O3/c1-8(13(18)15-14-2)9-4-5-11-10(6-9)16(3)12(17)7-19-11/h4-6,8,14H,7H2,1-3H3,(H,15,18). The van der Waals surface area contributed by atoms with Crippen molar-refractivity contribution in [3.05, 3.63) is 23.8 Å². The number of rotatable bonds is 3. The van der Waals surface area contributed by atoms with Crippen molar-refractivity contribution < 1.29 is 14.3 Å². The lowest BCUT2D eigenvalue weighted by Crippen LogP contribution is -2.37. The Labute approximate surface area is 111 Å². The number of hydrazine groups is 1. The predicted molar refractivity (Wildman–Crippen MR) is 71.0 cm³/mol. The molecule has 102 valence electrons. The maximum Gasteiger partial charge on any atom is 0.264 e. The van der Waals surface area contributed by atoms with Gasteiger partial charge in [0.2, 0.25) is 5.91 Å². The Kier molecular flexibility index (Phi) is 3.71. The quantitative estimate of drug-likeness (QED) is 0.774. The van der Waals surface area contributed by atoms with Gasteiger partial charge in [-0.3, -0.25) is 15.0 Å². The summed E-state index contributed by atoms with van der Waals surface area (Å²) in [4.78, 5) is 24.9. The molecule has 1 aliphatic heterocycles. The highest BCUT2D eigenvalue weighted by Gasteiger charge is 2.24. The summed E-state index contributed by atoms with van der Waals surface area (Å²) in [5.74, 6) is 0.111. The molecular weight excluding hydrogens is 246 g/mol. The number of carbonyl (C=O) groups is 2. The van der Waals surface area contributed by atoms with E-state index in [1.165, 1.54) is 0 Å². The molecule has 2 amide bonds. The molecule has 1 unspecified atom stereocenters. The van der Waals surface area contributed by atoms with Crippen molar-refractivity contribution in [1.29, 1.82) is 0 Å². The van der Waals surface area contributed by atoms with Gasteiger partial charge in [-0.25, -0.2) is 5.43 Å².